The highest BCUT2D eigenvalue weighted by Crippen LogP contribution is 2.11. The van der Waals surface area contributed by atoms with Gasteiger partial charge in [0.2, 0.25) is 0 Å². The van der Waals surface area contributed by atoms with E-state index in [-0.39, 0.29) is 0 Å². The molecule has 0 unspecified atom stereocenters. The maximum absolute atomic E-state index is 4.10. The summed E-state index contributed by atoms with van der Waals surface area (Å²) >= 11 is 6.02. The van der Waals surface area contributed by atoms with E-state index in [1.807, 2.05) is 11.8 Å². The standard InChI is InChI=1S/C11H14S2/c12-8-4-5-9-13-10-11-6-2-1-3-7-11/h1-7,12H,8-10H2. The second-order valence-electron chi connectivity index (χ2n) is 2.65. The number of rotatable bonds is 5. The molecule has 0 aliphatic rings. The van der Waals surface area contributed by atoms with Crippen molar-refractivity contribution in [1.29, 1.82) is 0 Å². The van der Waals surface area contributed by atoms with Gasteiger partial charge >= 0.3 is 0 Å². The van der Waals surface area contributed by atoms with Gasteiger partial charge in [0.1, 0.15) is 0 Å². The minimum Gasteiger partial charge on any atom is -0.175 e. The molecule has 0 N–H and O–H groups in total. The molecule has 0 nitrogen and oxygen atoms in total. The first-order chi connectivity index (χ1) is 6.43. The van der Waals surface area contributed by atoms with Crippen LogP contribution in [0, 0.1) is 0 Å². The number of benzene rings is 1. The smallest absolute Gasteiger partial charge is 0.0187 e. The van der Waals surface area contributed by atoms with Crippen molar-refractivity contribution in [3.63, 3.8) is 0 Å². The van der Waals surface area contributed by atoms with Gasteiger partial charge in [-0.25, -0.2) is 0 Å². The lowest BCUT2D eigenvalue weighted by atomic mass is 10.2. The molecule has 0 bridgehead atoms. The number of hydrogen-bond acceptors (Lipinski definition) is 2. The minimum atomic E-state index is 0.839. The van der Waals surface area contributed by atoms with Gasteiger partial charge in [-0.15, -0.1) is 0 Å². The van der Waals surface area contributed by atoms with Crippen molar-refractivity contribution in [1.82, 2.24) is 0 Å². The van der Waals surface area contributed by atoms with Gasteiger partial charge in [0.15, 0.2) is 0 Å². The molecule has 13 heavy (non-hydrogen) atoms. The average molecular weight is 210 g/mol. The molecule has 0 amide bonds. The van der Waals surface area contributed by atoms with Crippen LogP contribution in [0.2, 0.25) is 0 Å². The second kappa shape index (κ2) is 7.10. The summed E-state index contributed by atoms with van der Waals surface area (Å²) in [6.07, 6.45) is 4.25. The van der Waals surface area contributed by atoms with E-state index in [0.29, 0.717) is 0 Å². The maximum atomic E-state index is 4.10. The average Bonchev–Trinajstić information content (AvgIpc) is 2.19. The lowest BCUT2D eigenvalue weighted by molar-refractivity contribution is 1.41. The molecule has 0 aliphatic carbocycles. The number of thiol groups is 1. The van der Waals surface area contributed by atoms with Gasteiger partial charge in [0.05, 0.1) is 0 Å². The fraction of sp³-hybridized carbons (Fsp3) is 0.273. The molecule has 70 valence electrons. The van der Waals surface area contributed by atoms with Crippen LogP contribution in [-0.2, 0) is 5.75 Å². The molecule has 1 aromatic rings. The van der Waals surface area contributed by atoms with E-state index in [9.17, 15) is 0 Å². The van der Waals surface area contributed by atoms with E-state index < -0.39 is 0 Å². The summed E-state index contributed by atoms with van der Waals surface area (Å²) in [4.78, 5) is 0. The highest BCUT2D eigenvalue weighted by atomic mass is 32.2. The first kappa shape index (κ1) is 10.7. The Bertz CT molecular complexity index is 242. The summed E-state index contributed by atoms with van der Waals surface area (Å²) in [6, 6.07) is 10.5. The van der Waals surface area contributed by atoms with Crippen LogP contribution >= 0.6 is 24.4 Å². The lowest BCUT2D eigenvalue weighted by Gasteiger charge is -1.97. The molecule has 0 aromatic heterocycles. The monoisotopic (exact) mass is 210 g/mol. The highest BCUT2D eigenvalue weighted by Gasteiger charge is 1.89. The summed E-state index contributed by atoms with van der Waals surface area (Å²) in [7, 11) is 0. The van der Waals surface area contributed by atoms with E-state index in [2.05, 4.69) is 55.1 Å². The Labute approximate surface area is 89.8 Å². The van der Waals surface area contributed by atoms with Crippen LogP contribution in [0.1, 0.15) is 5.56 Å². The second-order valence-corrected chi connectivity index (χ2v) is 4.05. The molecular weight excluding hydrogens is 196 g/mol. The third-order valence-corrected chi connectivity index (χ3v) is 2.77. The highest BCUT2D eigenvalue weighted by molar-refractivity contribution is 7.98. The van der Waals surface area contributed by atoms with Gasteiger partial charge in [-0.3, -0.25) is 0 Å². The van der Waals surface area contributed by atoms with Gasteiger partial charge in [0.25, 0.3) is 0 Å². The molecule has 1 rings (SSSR count). The van der Waals surface area contributed by atoms with Gasteiger partial charge < -0.3 is 0 Å². The van der Waals surface area contributed by atoms with Gasteiger partial charge in [-0.1, -0.05) is 42.5 Å². The normalized spacial score (nSPS) is 10.8. The Hall–Kier alpha value is -0.340. The van der Waals surface area contributed by atoms with Gasteiger partial charge in [-0.2, -0.15) is 24.4 Å². The zero-order valence-corrected chi connectivity index (χ0v) is 9.23. The van der Waals surface area contributed by atoms with Crippen molar-refractivity contribution in [2.45, 2.75) is 5.75 Å². The predicted molar refractivity (Wildman–Crippen MR) is 65.6 cm³/mol. The summed E-state index contributed by atoms with van der Waals surface area (Å²) < 4.78 is 0. The third kappa shape index (κ3) is 5.06. The van der Waals surface area contributed by atoms with Gasteiger partial charge in [0, 0.05) is 17.3 Å². The van der Waals surface area contributed by atoms with Crippen LogP contribution in [0.5, 0.6) is 0 Å². The summed E-state index contributed by atoms with van der Waals surface area (Å²) in [6.45, 7) is 0. The van der Waals surface area contributed by atoms with Crippen molar-refractivity contribution >= 4 is 24.4 Å². The predicted octanol–water partition coefficient (Wildman–Crippen LogP) is 3.41. The van der Waals surface area contributed by atoms with Crippen LogP contribution < -0.4 is 0 Å². The SMILES string of the molecule is SCC=CCSCc1ccccc1. The van der Waals surface area contributed by atoms with Crippen LogP contribution in [0.15, 0.2) is 42.5 Å². The topological polar surface area (TPSA) is 0 Å². The van der Waals surface area contributed by atoms with E-state index in [1.54, 1.807) is 0 Å². The van der Waals surface area contributed by atoms with Crippen molar-refractivity contribution in [3.05, 3.63) is 48.0 Å². The van der Waals surface area contributed by atoms with Crippen molar-refractivity contribution in [2.75, 3.05) is 11.5 Å². The minimum absolute atomic E-state index is 0.839. The number of hydrogen-bond donors (Lipinski definition) is 1. The molecule has 0 radical (unpaired) electrons. The summed E-state index contributed by atoms with van der Waals surface area (Å²) in [5.41, 5.74) is 1.40. The zero-order chi connectivity index (χ0) is 9.36. The van der Waals surface area contributed by atoms with Crippen LogP contribution in [-0.4, -0.2) is 11.5 Å². The van der Waals surface area contributed by atoms with Crippen LogP contribution in [0.25, 0.3) is 0 Å². The van der Waals surface area contributed by atoms with Crippen LogP contribution in [0.4, 0.5) is 0 Å². The molecule has 1 aromatic carbocycles. The van der Waals surface area contributed by atoms with E-state index in [0.717, 1.165) is 17.3 Å². The Balaban J connectivity index is 2.17. The lowest BCUT2D eigenvalue weighted by Crippen LogP contribution is -1.79. The molecule has 0 heterocycles. The molecule has 0 saturated carbocycles. The maximum Gasteiger partial charge on any atom is 0.0187 e. The molecule has 0 saturated heterocycles. The third-order valence-electron chi connectivity index (χ3n) is 1.60. The van der Waals surface area contributed by atoms with Crippen molar-refractivity contribution < 1.29 is 0 Å². The zero-order valence-electron chi connectivity index (χ0n) is 7.52. The quantitative estimate of drug-likeness (QED) is 0.441. The van der Waals surface area contributed by atoms with E-state index >= 15 is 0 Å². The van der Waals surface area contributed by atoms with Crippen LogP contribution in [0.3, 0.4) is 0 Å². The Morgan fingerprint density at radius 1 is 1.15 bits per heavy atom. The summed E-state index contributed by atoms with van der Waals surface area (Å²) in [5, 5.41) is 0. The van der Waals surface area contributed by atoms with E-state index in [4.69, 9.17) is 0 Å². The largest absolute Gasteiger partial charge is 0.175 e. The molecule has 0 spiro atoms. The van der Waals surface area contributed by atoms with Crippen molar-refractivity contribution in [3.8, 4) is 0 Å². The molecular formula is C11H14S2. The fourth-order valence-corrected chi connectivity index (χ4v) is 1.93. The van der Waals surface area contributed by atoms with Crippen molar-refractivity contribution in [2.24, 2.45) is 0 Å². The first-order valence-electron chi connectivity index (χ1n) is 4.31. The molecule has 0 fully saturated rings. The molecule has 2 heteroatoms. The van der Waals surface area contributed by atoms with Gasteiger partial charge in [-0.05, 0) is 5.56 Å². The first-order valence-corrected chi connectivity index (χ1v) is 6.09. The molecule has 0 aliphatic heterocycles. The van der Waals surface area contributed by atoms with E-state index in [1.165, 1.54) is 5.56 Å². The Morgan fingerprint density at radius 3 is 2.62 bits per heavy atom. The number of thioether (sulfide) groups is 1. The Kier molecular flexibility index (Phi) is 5.87. The fourth-order valence-electron chi connectivity index (χ4n) is 0.962. The Morgan fingerprint density at radius 2 is 1.92 bits per heavy atom. The summed E-state index contributed by atoms with van der Waals surface area (Å²) in [5.74, 6) is 3.01. The molecule has 0 atom stereocenters.